The Labute approximate surface area is 129 Å². The van der Waals surface area contributed by atoms with Gasteiger partial charge in [-0.1, -0.05) is 30.3 Å². The topological polar surface area (TPSA) is 37.4 Å². The zero-order valence-electron chi connectivity index (χ0n) is 11.5. The van der Waals surface area contributed by atoms with Crippen LogP contribution in [0.5, 0.6) is 0 Å². The fourth-order valence-electron chi connectivity index (χ4n) is 3.02. The Balaban J connectivity index is 1.77. The normalized spacial score (nSPS) is 17.7. The van der Waals surface area contributed by atoms with Crippen molar-refractivity contribution in [2.75, 3.05) is 18.2 Å². The first-order valence-electron chi connectivity index (χ1n) is 6.95. The van der Waals surface area contributed by atoms with Gasteiger partial charge in [0.05, 0.1) is 10.8 Å². The molecule has 0 radical (unpaired) electrons. The number of fused-ring (bicyclic) bond motifs is 3. The molecule has 0 atom stereocenters. The van der Waals surface area contributed by atoms with Crippen molar-refractivity contribution in [2.24, 2.45) is 0 Å². The average Bonchev–Trinajstić information content (AvgIpc) is 3.14. The average molecular weight is 317 g/mol. The molecular weight excluding hydrogens is 302 g/mol. The number of thioether (sulfide) groups is 1. The molecule has 21 heavy (non-hydrogen) atoms. The van der Waals surface area contributed by atoms with Crippen molar-refractivity contribution in [1.29, 1.82) is 0 Å². The molecule has 1 aliphatic heterocycles. The van der Waals surface area contributed by atoms with Gasteiger partial charge in [-0.25, -0.2) is 8.42 Å². The van der Waals surface area contributed by atoms with Gasteiger partial charge in [0.1, 0.15) is 0 Å². The number of sulfonamides is 1. The van der Waals surface area contributed by atoms with E-state index >= 15 is 0 Å². The highest BCUT2D eigenvalue weighted by atomic mass is 32.2. The second kappa shape index (κ2) is 4.87. The Morgan fingerprint density at radius 2 is 1.81 bits per heavy atom. The number of hydrogen-bond donors (Lipinski definition) is 0. The van der Waals surface area contributed by atoms with Crippen LogP contribution in [-0.4, -0.2) is 30.9 Å². The van der Waals surface area contributed by atoms with Gasteiger partial charge < -0.3 is 0 Å². The quantitative estimate of drug-likeness (QED) is 0.729. The molecule has 2 aliphatic rings. The lowest BCUT2D eigenvalue weighted by atomic mass is 10.1. The number of hydrogen-bond acceptors (Lipinski definition) is 3. The highest BCUT2D eigenvalue weighted by molar-refractivity contribution is 8.00. The minimum absolute atomic E-state index is 0.427. The Bertz CT molecular complexity index is 809. The smallest absolute Gasteiger partial charge is 0.207 e. The zero-order valence-corrected chi connectivity index (χ0v) is 13.1. The number of benzene rings is 2. The third kappa shape index (κ3) is 2.11. The van der Waals surface area contributed by atoms with E-state index in [0.717, 1.165) is 17.7 Å². The number of nitrogens with zero attached hydrogens (tertiary/aromatic N) is 1. The van der Waals surface area contributed by atoms with Gasteiger partial charge >= 0.3 is 0 Å². The van der Waals surface area contributed by atoms with E-state index in [1.165, 1.54) is 16.7 Å². The van der Waals surface area contributed by atoms with Crippen LogP contribution < -0.4 is 0 Å². The van der Waals surface area contributed by atoms with Crippen LogP contribution in [0.25, 0.3) is 11.1 Å². The van der Waals surface area contributed by atoms with E-state index in [1.807, 2.05) is 24.3 Å². The minimum atomic E-state index is -3.34. The van der Waals surface area contributed by atoms with Gasteiger partial charge in [-0.15, -0.1) is 11.8 Å². The molecule has 3 nitrogen and oxygen atoms in total. The van der Waals surface area contributed by atoms with Crippen LogP contribution in [0, 0.1) is 0 Å². The molecule has 1 aliphatic carbocycles. The first kappa shape index (κ1) is 13.4. The summed E-state index contributed by atoms with van der Waals surface area (Å²) in [6.07, 6.45) is 0.823. The van der Waals surface area contributed by atoms with Crippen LogP contribution >= 0.6 is 11.8 Å². The van der Waals surface area contributed by atoms with Crippen LogP contribution in [0.2, 0.25) is 0 Å². The molecule has 0 aromatic heterocycles. The lowest BCUT2D eigenvalue weighted by Crippen LogP contribution is -2.28. The molecule has 2 aromatic carbocycles. The molecule has 2 aromatic rings. The maximum atomic E-state index is 12.6. The largest absolute Gasteiger partial charge is 0.243 e. The van der Waals surface area contributed by atoms with E-state index in [1.54, 1.807) is 22.1 Å². The summed E-state index contributed by atoms with van der Waals surface area (Å²) in [5.74, 6) is 1.45. The Hall–Kier alpha value is -1.30. The highest BCUT2D eigenvalue weighted by Gasteiger charge is 2.29. The molecule has 0 amide bonds. The van der Waals surface area contributed by atoms with Crippen molar-refractivity contribution in [1.82, 2.24) is 4.31 Å². The molecule has 108 valence electrons. The minimum Gasteiger partial charge on any atom is -0.207 e. The van der Waals surface area contributed by atoms with Crippen LogP contribution in [0.4, 0.5) is 0 Å². The van der Waals surface area contributed by atoms with Gasteiger partial charge in [0.25, 0.3) is 0 Å². The maximum absolute atomic E-state index is 12.6. The van der Waals surface area contributed by atoms with Gasteiger partial charge in [-0.2, -0.15) is 4.31 Å². The van der Waals surface area contributed by atoms with Gasteiger partial charge in [0, 0.05) is 12.3 Å². The molecule has 0 unspecified atom stereocenters. The van der Waals surface area contributed by atoms with Crippen molar-refractivity contribution >= 4 is 21.8 Å². The second-order valence-corrected chi connectivity index (χ2v) is 8.38. The van der Waals surface area contributed by atoms with Gasteiger partial charge in [-0.05, 0) is 40.8 Å². The lowest BCUT2D eigenvalue weighted by molar-refractivity contribution is 0.489. The van der Waals surface area contributed by atoms with Crippen LogP contribution in [0.3, 0.4) is 0 Å². The molecule has 1 heterocycles. The van der Waals surface area contributed by atoms with Crippen LogP contribution in [0.1, 0.15) is 11.1 Å². The molecule has 0 spiro atoms. The van der Waals surface area contributed by atoms with Crippen molar-refractivity contribution in [3.8, 4) is 11.1 Å². The van der Waals surface area contributed by atoms with E-state index in [2.05, 4.69) is 12.1 Å². The third-order valence-corrected chi connectivity index (χ3v) is 7.09. The summed E-state index contributed by atoms with van der Waals surface area (Å²) in [6.45, 7) is 0.615. The molecule has 0 bridgehead atoms. The Kier molecular flexibility index (Phi) is 3.10. The summed E-state index contributed by atoms with van der Waals surface area (Å²) >= 11 is 1.67. The van der Waals surface area contributed by atoms with E-state index in [0.29, 0.717) is 17.3 Å². The summed E-state index contributed by atoms with van der Waals surface area (Å²) in [5, 5.41) is 0. The van der Waals surface area contributed by atoms with Gasteiger partial charge in [0.2, 0.25) is 10.0 Å². The predicted octanol–water partition coefficient (Wildman–Crippen LogP) is 2.95. The molecular formula is C16H15NO2S2. The van der Waals surface area contributed by atoms with Crippen molar-refractivity contribution in [3.05, 3.63) is 53.6 Å². The number of rotatable bonds is 2. The molecule has 4 rings (SSSR count). The van der Waals surface area contributed by atoms with E-state index in [9.17, 15) is 8.42 Å². The van der Waals surface area contributed by atoms with E-state index < -0.39 is 10.0 Å². The molecule has 1 saturated heterocycles. The summed E-state index contributed by atoms with van der Waals surface area (Å²) in [7, 11) is -3.34. The maximum Gasteiger partial charge on any atom is 0.243 e. The monoisotopic (exact) mass is 317 g/mol. The SMILES string of the molecule is O=S(=O)(c1ccc2c(c1)Cc1ccccc1-2)N1CCSC1. The van der Waals surface area contributed by atoms with E-state index in [4.69, 9.17) is 0 Å². The summed E-state index contributed by atoms with van der Waals surface area (Å²) in [4.78, 5) is 0.427. The zero-order chi connectivity index (χ0) is 14.4. The summed E-state index contributed by atoms with van der Waals surface area (Å²) in [5.41, 5.74) is 4.79. The van der Waals surface area contributed by atoms with Crippen molar-refractivity contribution in [2.45, 2.75) is 11.3 Å². The van der Waals surface area contributed by atoms with Gasteiger partial charge in [-0.3, -0.25) is 0 Å². The van der Waals surface area contributed by atoms with Crippen molar-refractivity contribution in [3.63, 3.8) is 0 Å². The fourth-order valence-corrected chi connectivity index (χ4v) is 5.88. The predicted molar refractivity (Wildman–Crippen MR) is 85.9 cm³/mol. The second-order valence-electron chi connectivity index (χ2n) is 5.37. The lowest BCUT2D eigenvalue weighted by Gasteiger charge is -2.15. The van der Waals surface area contributed by atoms with Crippen LogP contribution in [0.15, 0.2) is 47.4 Å². The fraction of sp³-hybridized carbons (Fsp3) is 0.250. The standard InChI is InChI=1S/C16H15NO2S2/c18-21(19,17-7-8-20-11-17)14-5-6-16-13(10-14)9-12-3-1-2-4-15(12)16/h1-6,10H,7-9,11H2. The van der Waals surface area contributed by atoms with Crippen LogP contribution in [-0.2, 0) is 16.4 Å². The first-order chi connectivity index (χ1) is 10.2. The summed E-state index contributed by atoms with van der Waals surface area (Å²) in [6, 6.07) is 13.8. The molecule has 0 N–H and O–H groups in total. The van der Waals surface area contributed by atoms with E-state index in [-0.39, 0.29) is 0 Å². The first-order valence-corrected chi connectivity index (χ1v) is 9.55. The Morgan fingerprint density at radius 3 is 2.62 bits per heavy atom. The Morgan fingerprint density at radius 1 is 1.00 bits per heavy atom. The molecule has 5 heteroatoms. The summed E-state index contributed by atoms with van der Waals surface area (Å²) < 4.78 is 26.8. The third-order valence-electron chi connectivity index (χ3n) is 4.12. The molecule has 0 saturated carbocycles. The highest BCUT2D eigenvalue weighted by Crippen LogP contribution is 2.38. The van der Waals surface area contributed by atoms with Crippen molar-refractivity contribution < 1.29 is 8.42 Å². The molecule has 1 fully saturated rings. The van der Waals surface area contributed by atoms with Gasteiger partial charge in [0.15, 0.2) is 0 Å².